The number of rotatable bonds is 2. The van der Waals surface area contributed by atoms with Gasteiger partial charge in [-0.2, -0.15) is 0 Å². The lowest BCUT2D eigenvalue weighted by Gasteiger charge is -1.96. The van der Waals surface area contributed by atoms with Crippen molar-refractivity contribution in [3.63, 3.8) is 0 Å². The molecule has 2 aromatic rings. The maximum absolute atomic E-state index is 5.98. The molecule has 0 atom stereocenters. The highest BCUT2D eigenvalue weighted by Gasteiger charge is 1.95. The molecule has 1 aromatic carbocycles. The first kappa shape index (κ1) is 11.1. The first-order valence-electron chi connectivity index (χ1n) is 4.66. The van der Waals surface area contributed by atoms with Crippen LogP contribution in [0.5, 0.6) is 0 Å². The predicted octanol–water partition coefficient (Wildman–Crippen LogP) is 4.14. The van der Waals surface area contributed by atoms with Crippen molar-refractivity contribution in [2.45, 2.75) is 0 Å². The third-order valence-corrected chi connectivity index (χ3v) is 2.52. The molecule has 0 N–H and O–H groups in total. The number of benzene rings is 1. The molecule has 80 valence electrons. The molecule has 4 heteroatoms. The highest BCUT2D eigenvalue weighted by molar-refractivity contribution is 6.33. The van der Waals surface area contributed by atoms with Gasteiger partial charge in [0, 0.05) is 23.0 Å². The van der Waals surface area contributed by atoms with E-state index in [2.05, 4.69) is 9.98 Å². The second-order valence-corrected chi connectivity index (χ2v) is 3.96. The van der Waals surface area contributed by atoms with Crippen molar-refractivity contribution in [1.29, 1.82) is 0 Å². The summed E-state index contributed by atoms with van der Waals surface area (Å²) in [5, 5.41) is 1.26. The molecule has 0 fully saturated rings. The Morgan fingerprint density at radius 1 is 1.06 bits per heavy atom. The molecule has 16 heavy (non-hydrogen) atoms. The van der Waals surface area contributed by atoms with Crippen molar-refractivity contribution in [3.8, 4) is 0 Å². The third-order valence-electron chi connectivity index (χ3n) is 1.95. The second kappa shape index (κ2) is 5.10. The lowest BCUT2D eigenvalue weighted by atomic mass is 10.2. The van der Waals surface area contributed by atoms with Crippen LogP contribution >= 0.6 is 23.2 Å². The SMILES string of the molecule is Clc1ccc(N=Cc2ccccc2Cl)nc1. The highest BCUT2D eigenvalue weighted by atomic mass is 35.5. The van der Waals surface area contributed by atoms with Crippen LogP contribution in [0.2, 0.25) is 10.0 Å². The standard InChI is InChI=1S/C12H8Cl2N2/c13-10-5-6-12(16-8-10)15-7-9-3-1-2-4-11(9)14/h1-8H. The maximum Gasteiger partial charge on any atom is 0.151 e. The zero-order valence-electron chi connectivity index (χ0n) is 8.27. The van der Waals surface area contributed by atoms with Gasteiger partial charge >= 0.3 is 0 Å². The van der Waals surface area contributed by atoms with Crippen LogP contribution in [0.3, 0.4) is 0 Å². The Kier molecular flexibility index (Phi) is 3.54. The van der Waals surface area contributed by atoms with Gasteiger partial charge in [-0.25, -0.2) is 9.98 Å². The Morgan fingerprint density at radius 2 is 1.88 bits per heavy atom. The summed E-state index contributed by atoms with van der Waals surface area (Å²) in [6.07, 6.45) is 3.24. The van der Waals surface area contributed by atoms with E-state index in [1.54, 1.807) is 24.5 Å². The molecule has 0 aliphatic rings. The Bertz CT molecular complexity index is 507. The van der Waals surface area contributed by atoms with Crippen molar-refractivity contribution in [2.24, 2.45) is 4.99 Å². The summed E-state index contributed by atoms with van der Waals surface area (Å²) in [4.78, 5) is 8.25. The molecule has 1 aromatic heterocycles. The molecule has 0 unspecified atom stereocenters. The third kappa shape index (κ3) is 2.81. The number of aliphatic imine (C=N–C) groups is 1. The fourth-order valence-corrected chi connectivity index (χ4v) is 1.46. The van der Waals surface area contributed by atoms with E-state index in [0.29, 0.717) is 15.9 Å². The van der Waals surface area contributed by atoms with Crippen LogP contribution in [0.1, 0.15) is 5.56 Å². The lowest BCUT2D eigenvalue weighted by Crippen LogP contribution is -1.82. The van der Waals surface area contributed by atoms with Crippen LogP contribution in [0.15, 0.2) is 47.6 Å². The number of nitrogens with zero attached hydrogens (tertiary/aromatic N) is 2. The van der Waals surface area contributed by atoms with Crippen molar-refractivity contribution in [1.82, 2.24) is 4.98 Å². The van der Waals surface area contributed by atoms with Crippen LogP contribution in [0.4, 0.5) is 5.82 Å². The van der Waals surface area contributed by atoms with Crippen molar-refractivity contribution < 1.29 is 0 Å². The van der Waals surface area contributed by atoms with Crippen molar-refractivity contribution in [2.75, 3.05) is 0 Å². The molecule has 0 aliphatic heterocycles. The van der Waals surface area contributed by atoms with E-state index in [0.717, 1.165) is 5.56 Å². The van der Waals surface area contributed by atoms with Crippen LogP contribution in [0.25, 0.3) is 0 Å². The molecule has 0 spiro atoms. The second-order valence-electron chi connectivity index (χ2n) is 3.11. The molecule has 0 saturated heterocycles. The monoisotopic (exact) mass is 250 g/mol. The van der Waals surface area contributed by atoms with Gasteiger partial charge in [0.2, 0.25) is 0 Å². The number of aromatic nitrogens is 1. The fraction of sp³-hybridized carbons (Fsp3) is 0. The molecule has 0 radical (unpaired) electrons. The normalized spacial score (nSPS) is 10.9. The smallest absolute Gasteiger partial charge is 0.151 e. The summed E-state index contributed by atoms with van der Waals surface area (Å²) >= 11 is 11.7. The van der Waals surface area contributed by atoms with E-state index < -0.39 is 0 Å². The Balaban J connectivity index is 2.21. The molecule has 0 aliphatic carbocycles. The van der Waals surface area contributed by atoms with Gasteiger partial charge in [0.25, 0.3) is 0 Å². The Labute approximate surface area is 104 Å². The predicted molar refractivity (Wildman–Crippen MR) is 68.0 cm³/mol. The van der Waals surface area contributed by atoms with Crippen LogP contribution in [-0.2, 0) is 0 Å². The average Bonchev–Trinajstić information content (AvgIpc) is 2.30. The van der Waals surface area contributed by atoms with E-state index in [-0.39, 0.29) is 0 Å². The zero-order chi connectivity index (χ0) is 11.4. The Morgan fingerprint density at radius 3 is 2.56 bits per heavy atom. The average molecular weight is 251 g/mol. The summed E-state index contributed by atoms with van der Waals surface area (Å²) in [5.41, 5.74) is 0.862. The van der Waals surface area contributed by atoms with Crippen molar-refractivity contribution in [3.05, 3.63) is 58.2 Å². The Hall–Kier alpha value is -1.38. The van der Waals surface area contributed by atoms with Crippen LogP contribution in [-0.4, -0.2) is 11.2 Å². The molecule has 0 bridgehead atoms. The minimum absolute atomic E-state index is 0.594. The van der Waals surface area contributed by atoms with Gasteiger partial charge in [-0.15, -0.1) is 0 Å². The van der Waals surface area contributed by atoms with Gasteiger partial charge < -0.3 is 0 Å². The molecule has 2 rings (SSSR count). The summed E-state index contributed by atoms with van der Waals surface area (Å²) in [7, 11) is 0. The minimum Gasteiger partial charge on any atom is -0.237 e. The van der Waals surface area contributed by atoms with Gasteiger partial charge in [-0.05, 0) is 18.2 Å². The molecular formula is C12H8Cl2N2. The molecule has 1 heterocycles. The first-order chi connectivity index (χ1) is 7.75. The van der Waals surface area contributed by atoms with E-state index in [4.69, 9.17) is 23.2 Å². The summed E-state index contributed by atoms with van der Waals surface area (Å²) in [6.45, 7) is 0. The number of hydrogen-bond donors (Lipinski definition) is 0. The molecule has 0 saturated carbocycles. The summed E-state index contributed by atoms with van der Waals surface area (Å²) in [5.74, 6) is 0.601. The fourth-order valence-electron chi connectivity index (χ4n) is 1.16. The van der Waals surface area contributed by atoms with E-state index in [1.807, 2.05) is 24.3 Å². The van der Waals surface area contributed by atoms with Gasteiger partial charge in [0.1, 0.15) is 0 Å². The van der Waals surface area contributed by atoms with E-state index in [9.17, 15) is 0 Å². The highest BCUT2D eigenvalue weighted by Crippen LogP contribution is 2.15. The quantitative estimate of drug-likeness (QED) is 0.736. The minimum atomic E-state index is 0.594. The van der Waals surface area contributed by atoms with E-state index in [1.165, 1.54) is 0 Å². The number of hydrogen-bond acceptors (Lipinski definition) is 2. The van der Waals surface area contributed by atoms with Gasteiger partial charge in [-0.3, -0.25) is 0 Å². The number of pyridine rings is 1. The zero-order valence-corrected chi connectivity index (χ0v) is 9.78. The van der Waals surface area contributed by atoms with Gasteiger partial charge in [-0.1, -0.05) is 41.4 Å². The number of halogens is 2. The summed E-state index contributed by atoms with van der Waals surface area (Å²) < 4.78 is 0. The van der Waals surface area contributed by atoms with E-state index >= 15 is 0 Å². The molecule has 2 nitrogen and oxygen atoms in total. The lowest BCUT2D eigenvalue weighted by molar-refractivity contribution is 1.28. The van der Waals surface area contributed by atoms with Crippen LogP contribution < -0.4 is 0 Å². The van der Waals surface area contributed by atoms with Crippen LogP contribution in [0, 0.1) is 0 Å². The molecular weight excluding hydrogens is 243 g/mol. The maximum atomic E-state index is 5.98. The van der Waals surface area contributed by atoms with Gasteiger partial charge in [0.05, 0.1) is 5.02 Å². The summed E-state index contributed by atoms with van der Waals surface area (Å²) in [6, 6.07) is 11.0. The molecule has 0 amide bonds. The van der Waals surface area contributed by atoms with Crippen molar-refractivity contribution >= 4 is 35.2 Å². The first-order valence-corrected chi connectivity index (χ1v) is 5.41. The van der Waals surface area contributed by atoms with Gasteiger partial charge in [0.15, 0.2) is 5.82 Å². The largest absolute Gasteiger partial charge is 0.237 e. The topological polar surface area (TPSA) is 25.2 Å².